The molecule has 0 aliphatic heterocycles. The van der Waals surface area contributed by atoms with Crippen LogP contribution in [0.2, 0.25) is 0 Å². The topological polar surface area (TPSA) is 129 Å². The summed E-state index contributed by atoms with van der Waals surface area (Å²) in [5.74, 6) is -47.8. The van der Waals surface area contributed by atoms with Crippen LogP contribution >= 0.6 is 0 Å². The Kier molecular flexibility index (Phi) is 20.2. The van der Waals surface area contributed by atoms with Crippen molar-refractivity contribution in [1.29, 1.82) is 0 Å². The summed E-state index contributed by atoms with van der Waals surface area (Å²) in [6.45, 7) is 7.50. The summed E-state index contributed by atoms with van der Waals surface area (Å²) in [7, 11) is 0. The van der Waals surface area contributed by atoms with Gasteiger partial charge in [0.25, 0.3) is 0 Å². The lowest BCUT2D eigenvalue weighted by Crippen LogP contribution is -2.70. The largest absolute Gasteiger partial charge is 0.461 e. The summed E-state index contributed by atoms with van der Waals surface area (Å²) < 4.78 is 196. The van der Waals surface area contributed by atoms with E-state index in [0.29, 0.717) is 12.8 Å². The fourth-order valence-corrected chi connectivity index (χ4v) is 4.46. The van der Waals surface area contributed by atoms with Crippen LogP contribution in [0.1, 0.15) is 72.1 Å². The second-order valence-corrected chi connectivity index (χ2v) is 13.5. The van der Waals surface area contributed by atoms with Crippen LogP contribution in [-0.4, -0.2) is 110 Å². The van der Waals surface area contributed by atoms with Crippen molar-refractivity contribution < 1.29 is 96.2 Å². The van der Waals surface area contributed by atoms with Crippen molar-refractivity contribution in [3.63, 3.8) is 0 Å². The number of aliphatic hydroxyl groups is 2. The van der Waals surface area contributed by atoms with Crippen LogP contribution in [0.15, 0.2) is 36.5 Å². The first-order chi connectivity index (χ1) is 25.5. The van der Waals surface area contributed by atoms with Crippen molar-refractivity contribution in [1.82, 2.24) is 0 Å². The Labute approximate surface area is 316 Å². The third kappa shape index (κ3) is 13.4. The highest BCUT2D eigenvalue weighted by Gasteiger charge is 2.89. The Hall–Kier alpha value is -3.33. The van der Waals surface area contributed by atoms with Crippen molar-refractivity contribution in [2.45, 2.75) is 108 Å². The maximum absolute atomic E-state index is 15.2. The minimum atomic E-state index is -7.85. The van der Waals surface area contributed by atoms with Crippen LogP contribution < -0.4 is 0 Å². The Morgan fingerprint density at radius 1 is 0.571 bits per heavy atom. The number of aliphatic hydroxyl groups excluding tert-OH is 2. The molecule has 21 heteroatoms. The van der Waals surface area contributed by atoms with Gasteiger partial charge in [0.15, 0.2) is 0 Å². The van der Waals surface area contributed by atoms with E-state index in [9.17, 15) is 58.3 Å². The molecule has 0 aromatic rings. The van der Waals surface area contributed by atoms with Gasteiger partial charge in [0.2, 0.25) is 0 Å². The second kappa shape index (κ2) is 21.4. The number of carbonyl (C=O) groups excluding carboxylic acids is 3. The standard InChI is InChI=1S/C35H48F12O9/c1-7-8-9-10-11-12-30(36,37)32(40,41)34(44,45)35(46,47)33(42,43)31(38,39)14-13-29(19-54-26(50)22(2)3,20-55-27(51)23(4)5)21-56-28(52)24(6)17-53-18-25(15-48)16-49/h25,48-49H,2,4,6-21H2,1,3,5H3. The van der Waals surface area contributed by atoms with Gasteiger partial charge in [0, 0.05) is 29.9 Å². The predicted molar refractivity (Wildman–Crippen MR) is 175 cm³/mol. The third-order valence-corrected chi connectivity index (χ3v) is 8.33. The molecule has 0 spiro atoms. The average molecular weight is 841 g/mol. The van der Waals surface area contributed by atoms with Crippen LogP contribution in [0.5, 0.6) is 0 Å². The van der Waals surface area contributed by atoms with Crippen molar-refractivity contribution >= 4 is 17.9 Å². The van der Waals surface area contributed by atoms with Gasteiger partial charge in [-0.2, -0.15) is 52.7 Å². The molecule has 9 nitrogen and oxygen atoms in total. The van der Waals surface area contributed by atoms with Crippen molar-refractivity contribution in [3.8, 4) is 0 Å². The molecule has 0 atom stereocenters. The number of alkyl halides is 12. The average Bonchev–Trinajstić information content (AvgIpc) is 3.11. The first-order valence-electron chi connectivity index (χ1n) is 17.0. The number of halogens is 12. The van der Waals surface area contributed by atoms with E-state index >= 15 is 8.78 Å². The molecule has 0 aliphatic carbocycles. The predicted octanol–water partition coefficient (Wildman–Crippen LogP) is 7.88. The normalized spacial score (nSPS) is 13.4. The number of esters is 3. The number of rotatable bonds is 29. The Morgan fingerprint density at radius 3 is 1.36 bits per heavy atom. The van der Waals surface area contributed by atoms with E-state index in [-0.39, 0.29) is 30.6 Å². The van der Waals surface area contributed by atoms with Crippen LogP contribution in [0.4, 0.5) is 52.7 Å². The Morgan fingerprint density at radius 2 is 0.964 bits per heavy atom. The summed E-state index contributed by atoms with van der Waals surface area (Å²) in [5.41, 5.74) is -3.94. The fourth-order valence-electron chi connectivity index (χ4n) is 4.46. The van der Waals surface area contributed by atoms with Gasteiger partial charge in [-0.05, 0) is 26.7 Å². The lowest BCUT2D eigenvalue weighted by atomic mass is 9.81. The molecule has 0 aromatic heterocycles. The molecule has 0 heterocycles. The lowest BCUT2D eigenvalue weighted by Gasteiger charge is -2.42. The quantitative estimate of drug-likeness (QED) is 0.0254. The van der Waals surface area contributed by atoms with E-state index in [1.807, 2.05) is 0 Å². The molecule has 0 amide bonds. The molecule has 2 N–H and O–H groups in total. The van der Waals surface area contributed by atoms with Gasteiger partial charge >= 0.3 is 53.4 Å². The van der Waals surface area contributed by atoms with Crippen molar-refractivity contribution in [2.24, 2.45) is 11.3 Å². The molecule has 0 bridgehead atoms. The summed E-state index contributed by atoms with van der Waals surface area (Å²) in [6.07, 6.45) is -6.76. The molecule has 0 saturated carbocycles. The number of hydrogen-bond donors (Lipinski definition) is 2. The first-order valence-corrected chi connectivity index (χ1v) is 17.0. The molecule has 326 valence electrons. The summed E-state index contributed by atoms with van der Waals surface area (Å²) >= 11 is 0. The maximum Gasteiger partial charge on any atom is 0.384 e. The second-order valence-electron chi connectivity index (χ2n) is 13.5. The number of carbonyl (C=O) groups is 3. The Balaban J connectivity index is 6.76. The molecular weight excluding hydrogens is 792 g/mol. The van der Waals surface area contributed by atoms with Crippen LogP contribution in [0.25, 0.3) is 0 Å². The van der Waals surface area contributed by atoms with E-state index in [4.69, 9.17) is 29.2 Å². The third-order valence-electron chi connectivity index (χ3n) is 8.33. The number of hydrogen-bond acceptors (Lipinski definition) is 9. The molecule has 0 aliphatic rings. The summed E-state index contributed by atoms with van der Waals surface area (Å²) in [4.78, 5) is 37.0. The molecule has 0 aromatic carbocycles. The van der Waals surface area contributed by atoms with Crippen LogP contribution in [0.3, 0.4) is 0 Å². The van der Waals surface area contributed by atoms with E-state index in [2.05, 4.69) is 19.7 Å². The van der Waals surface area contributed by atoms with Gasteiger partial charge in [-0.25, -0.2) is 14.4 Å². The van der Waals surface area contributed by atoms with Crippen LogP contribution in [0, 0.1) is 11.3 Å². The smallest absolute Gasteiger partial charge is 0.384 e. The summed E-state index contributed by atoms with van der Waals surface area (Å²) in [6, 6.07) is 0. The van der Waals surface area contributed by atoms with Gasteiger partial charge in [-0.3, -0.25) is 0 Å². The number of ether oxygens (including phenoxy) is 4. The van der Waals surface area contributed by atoms with Gasteiger partial charge in [0.05, 0.1) is 37.4 Å². The monoisotopic (exact) mass is 840 g/mol. The molecule has 56 heavy (non-hydrogen) atoms. The molecular formula is C35H48F12O9. The van der Waals surface area contributed by atoms with Gasteiger partial charge in [-0.15, -0.1) is 0 Å². The van der Waals surface area contributed by atoms with E-state index in [0.717, 1.165) is 13.8 Å². The highest BCUT2D eigenvalue weighted by atomic mass is 19.4. The number of unbranched alkanes of at least 4 members (excludes halogenated alkanes) is 4. The van der Waals surface area contributed by atoms with Gasteiger partial charge in [0.1, 0.15) is 19.8 Å². The highest BCUT2D eigenvalue weighted by Crippen LogP contribution is 2.61. The zero-order valence-corrected chi connectivity index (χ0v) is 31.1. The Bertz CT molecular complexity index is 1320. The minimum absolute atomic E-state index is 0.148. The van der Waals surface area contributed by atoms with Crippen LogP contribution in [-0.2, 0) is 33.3 Å². The zero-order chi connectivity index (χ0) is 44.0. The van der Waals surface area contributed by atoms with Crippen molar-refractivity contribution in [3.05, 3.63) is 36.5 Å². The highest BCUT2D eigenvalue weighted by molar-refractivity contribution is 5.88. The van der Waals surface area contributed by atoms with Gasteiger partial charge < -0.3 is 29.2 Å². The molecule has 0 radical (unpaired) electrons. The van der Waals surface area contributed by atoms with E-state index < -0.39 is 136 Å². The minimum Gasteiger partial charge on any atom is -0.461 e. The van der Waals surface area contributed by atoms with E-state index in [1.54, 1.807) is 6.92 Å². The van der Waals surface area contributed by atoms with Gasteiger partial charge in [-0.1, -0.05) is 52.3 Å². The fraction of sp³-hybridized carbons (Fsp3) is 0.743. The molecule has 0 saturated heterocycles. The molecule has 0 unspecified atom stereocenters. The lowest BCUT2D eigenvalue weighted by molar-refractivity contribution is -0.426. The molecule has 0 fully saturated rings. The van der Waals surface area contributed by atoms with Crippen molar-refractivity contribution in [2.75, 3.05) is 46.2 Å². The van der Waals surface area contributed by atoms with E-state index in [1.165, 1.54) is 0 Å². The molecule has 0 rings (SSSR count). The SMILES string of the molecule is C=C(C)C(=O)OCC(CCC(F)(F)C(F)(F)C(F)(F)C(F)(F)C(F)(F)C(F)(F)CCCCCCC)(COC(=O)C(=C)C)COC(=O)C(=C)COCC(CO)CO. The maximum atomic E-state index is 15.2. The zero-order valence-electron chi connectivity index (χ0n) is 31.1. The summed E-state index contributed by atoms with van der Waals surface area (Å²) in [5, 5.41) is 18.2. The first kappa shape index (κ1) is 52.7.